The Hall–Kier alpha value is -1.42. The molecule has 0 radical (unpaired) electrons. The fourth-order valence-corrected chi connectivity index (χ4v) is 3.51. The van der Waals surface area contributed by atoms with Gasteiger partial charge in [0, 0.05) is 24.8 Å². The lowest BCUT2D eigenvalue weighted by Crippen LogP contribution is -2.47. The quantitative estimate of drug-likeness (QED) is 0.625. The van der Waals surface area contributed by atoms with Gasteiger partial charge in [-0.3, -0.25) is 14.7 Å². The summed E-state index contributed by atoms with van der Waals surface area (Å²) >= 11 is 0. The third-order valence-corrected chi connectivity index (χ3v) is 4.96. The summed E-state index contributed by atoms with van der Waals surface area (Å²) in [6.45, 7) is 11.8. The van der Waals surface area contributed by atoms with E-state index in [1.54, 1.807) is 6.20 Å². The number of primary amides is 1. The van der Waals surface area contributed by atoms with E-state index in [0.29, 0.717) is 12.1 Å². The molecular formula is C20H35N3O. The molecule has 0 aromatic carbocycles. The first-order valence-corrected chi connectivity index (χ1v) is 9.32. The summed E-state index contributed by atoms with van der Waals surface area (Å²) in [5.74, 6) is -0.246. The van der Waals surface area contributed by atoms with Gasteiger partial charge < -0.3 is 5.73 Å². The van der Waals surface area contributed by atoms with Crippen LogP contribution in [0.2, 0.25) is 0 Å². The van der Waals surface area contributed by atoms with Crippen LogP contribution in [0.15, 0.2) is 24.4 Å². The number of hydrogen-bond acceptors (Lipinski definition) is 3. The summed E-state index contributed by atoms with van der Waals surface area (Å²) in [6.07, 6.45) is 6.49. The van der Waals surface area contributed by atoms with Crippen molar-refractivity contribution < 1.29 is 4.79 Å². The highest BCUT2D eigenvalue weighted by molar-refractivity contribution is 5.86. The molecule has 0 bridgehead atoms. The number of hydrogen-bond donors (Lipinski definition) is 1. The Balaban J connectivity index is 3.09. The van der Waals surface area contributed by atoms with Crippen LogP contribution in [0.3, 0.4) is 0 Å². The van der Waals surface area contributed by atoms with Crippen molar-refractivity contribution in [3.63, 3.8) is 0 Å². The third-order valence-electron chi connectivity index (χ3n) is 4.96. The van der Waals surface area contributed by atoms with Crippen LogP contribution in [0, 0.1) is 0 Å². The van der Waals surface area contributed by atoms with Gasteiger partial charge in [0.1, 0.15) is 0 Å². The van der Waals surface area contributed by atoms with Gasteiger partial charge in [0.05, 0.1) is 11.1 Å². The van der Waals surface area contributed by atoms with E-state index in [-0.39, 0.29) is 5.91 Å². The summed E-state index contributed by atoms with van der Waals surface area (Å²) < 4.78 is 0. The van der Waals surface area contributed by atoms with Crippen molar-refractivity contribution in [3.8, 4) is 0 Å². The lowest BCUT2D eigenvalue weighted by Gasteiger charge is -2.36. The van der Waals surface area contributed by atoms with E-state index in [4.69, 9.17) is 5.73 Å². The van der Waals surface area contributed by atoms with Crippen molar-refractivity contribution in [1.82, 2.24) is 9.88 Å². The average Bonchev–Trinajstić information content (AvgIpc) is 2.53. The number of nitrogens with zero attached hydrogens (tertiary/aromatic N) is 2. The Bertz CT molecular complexity index is 479. The number of carbonyl (C=O) groups excluding carboxylic acids is 1. The summed E-state index contributed by atoms with van der Waals surface area (Å²) in [7, 11) is 0. The van der Waals surface area contributed by atoms with Gasteiger partial charge in [-0.2, -0.15) is 0 Å². The maximum absolute atomic E-state index is 12.5. The Labute approximate surface area is 147 Å². The van der Waals surface area contributed by atoms with Gasteiger partial charge in [-0.25, -0.2) is 0 Å². The average molecular weight is 334 g/mol. The molecule has 1 aromatic heterocycles. The summed E-state index contributed by atoms with van der Waals surface area (Å²) in [5, 5.41) is 0. The topological polar surface area (TPSA) is 59.2 Å². The highest BCUT2D eigenvalue weighted by Gasteiger charge is 2.39. The van der Waals surface area contributed by atoms with Crippen LogP contribution < -0.4 is 5.73 Å². The first kappa shape index (κ1) is 20.6. The van der Waals surface area contributed by atoms with Crippen molar-refractivity contribution in [1.29, 1.82) is 0 Å². The van der Waals surface area contributed by atoms with Crippen molar-refractivity contribution in [3.05, 3.63) is 30.1 Å². The highest BCUT2D eigenvalue weighted by atomic mass is 16.1. The molecule has 0 saturated heterocycles. The first-order valence-electron chi connectivity index (χ1n) is 9.32. The number of rotatable bonds is 11. The first-order chi connectivity index (χ1) is 11.3. The molecule has 0 aliphatic carbocycles. The molecule has 0 fully saturated rings. The monoisotopic (exact) mass is 333 g/mol. The predicted octanol–water partition coefficient (Wildman–Crippen LogP) is 3.89. The largest absolute Gasteiger partial charge is 0.369 e. The maximum Gasteiger partial charge on any atom is 0.229 e. The molecule has 1 heterocycles. The molecule has 0 spiro atoms. The zero-order chi connectivity index (χ0) is 18.2. The van der Waals surface area contributed by atoms with E-state index in [1.165, 1.54) is 0 Å². The Morgan fingerprint density at radius 3 is 2.29 bits per heavy atom. The fraction of sp³-hybridized carbons (Fsp3) is 0.700. The molecule has 0 unspecified atom stereocenters. The predicted molar refractivity (Wildman–Crippen MR) is 101 cm³/mol. The number of amides is 1. The van der Waals surface area contributed by atoms with Gasteiger partial charge in [0.2, 0.25) is 5.91 Å². The van der Waals surface area contributed by atoms with Crippen LogP contribution in [-0.4, -0.2) is 34.4 Å². The van der Waals surface area contributed by atoms with Crippen LogP contribution in [0.1, 0.15) is 72.4 Å². The molecule has 1 atom stereocenters. The summed E-state index contributed by atoms with van der Waals surface area (Å²) in [4.78, 5) is 19.4. The lowest BCUT2D eigenvalue weighted by atomic mass is 9.75. The third kappa shape index (κ3) is 5.30. The Kier molecular flexibility index (Phi) is 8.40. The minimum absolute atomic E-state index is 0.246. The molecule has 2 N–H and O–H groups in total. The zero-order valence-electron chi connectivity index (χ0n) is 16.1. The number of carbonyl (C=O) groups is 1. The second-order valence-electron chi connectivity index (χ2n) is 7.29. The molecule has 0 aliphatic rings. The van der Waals surface area contributed by atoms with E-state index >= 15 is 0 Å². The second-order valence-corrected chi connectivity index (χ2v) is 7.29. The summed E-state index contributed by atoms with van der Waals surface area (Å²) in [5.41, 5.74) is 6.08. The van der Waals surface area contributed by atoms with E-state index < -0.39 is 5.41 Å². The normalized spacial score (nSPS) is 14.3. The van der Waals surface area contributed by atoms with Gasteiger partial charge in [-0.05, 0) is 52.7 Å². The van der Waals surface area contributed by atoms with Crippen LogP contribution in [0.4, 0.5) is 0 Å². The highest BCUT2D eigenvalue weighted by Crippen LogP contribution is 2.33. The van der Waals surface area contributed by atoms with Gasteiger partial charge >= 0.3 is 0 Å². The molecule has 1 amide bonds. The van der Waals surface area contributed by atoms with Crippen molar-refractivity contribution >= 4 is 5.91 Å². The van der Waals surface area contributed by atoms with Gasteiger partial charge in [-0.1, -0.05) is 32.3 Å². The van der Waals surface area contributed by atoms with Crippen LogP contribution >= 0.6 is 0 Å². The molecule has 0 saturated carbocycles. The second kappa shape index (κ2) is 9.77. The van der Waals surface area contributed by atoms with Crippen molar-refractivity contribution in [2.45, 2.75) is 84.2 Å². The van der Waals surface area contributed by atoms with Gasteiger partial charge in [0.15, 0.2) is 0 Å². The van der Waals surface area contributed by atoms with Crippen molar-refractivity contribution in [2.24, 2.45) is 5.73 Å². The zero-order valence-corrected chi connectivity index (χ0v) is 16.1. The Morgan fingerprint density at radius 2 is 1.83 bits per heavy atom. The molecule has 1 aromatic rings. The molecule has 1 rings (SSSR count). The van der Waals surface area contributed by atoms with E-state index in [1.807, 2.05) is 18.2 Å². The molecule has 0 aliphatic heterocycles. The van der Waals surface area contributed by atoms with Gasteiger partial charge in [-0.15, -0.1) is 0 Å². The molecule has 4 nitrogen and oxygen atoms in total. The molecule has 136 valence electrons. The van der Waals surface area contributed by atoms with E-state index in [9.17, 15) is 4.79 Å². The van der Waals surface area contributed by atoms with Gasteiger partial charge in [0.25, 0.3) is 0 Å². The van der Waals surface area contributed by atoms with Crippen molar-refractivity contribution in [2.75, 3.05) is 6.54 Å². The molecule has 4 heteroatoms. The molecule has 24 heavy (non-hydrogen) atoms. The SMILES string of the molecule is CCCCC[C@@](CCN(C(C)C)C(C)C)(C(N)=O)c1ccccn1. The van der Waals surface area contributed by atoms with Crippen LogP contribution in [-0.2, 0) is 10.2 Å². The number of pyridine rings is 1. The van der Waals surface area contributed by atoms with E-state index in [0.717, 1.165) is 44.3 Å². The number of unbranched alkanes of at least 4 members (excludes halogenated alkanes) is 2. The smallest absolute Gasteiger partial charge is 0.229 e. The van der Waals surface area contributed by atoms with Crippen LogP contribution in [0.5, 0.6) is 0 Å². The lowest BCUT2D eigenvalue weighted by molar-refractivity contribution is -0.124. The number of aromatic nitrogens is 1. The standard InChI is InChI=1S/C20H35N3O/c1-6-7-9-12-20(19(21)24,18-11-8-10-14-22-18)13-15-23(16(2)3)17(4)5/h8,10-11,14,16-17H,6-7,9,12-13,15H2,1-5H3,(H2,21,24)/t20-/m0/s1. The minimum Gasteiger partial charge on any atom is -0.369 e. The molecular weight excluding hydrogens is 298 g/mol. The van der Waals surface area contributed by atoms with Crippen LogP contribution in [0.25, 0.3) is 0 Å². The van der Waals surface area contributed by atoms with E-state index in [2.05, 4.69) is 44.5 Å². The maximum atomic E-state index is 12.5. The Morgan fingerprint density at radius 1 is 1.17 bits per heavy atom. The minimum atomic E-state index is -0.668. The summed E-state index contributed by atoms with van der Waals surface area (Å²) in [6, 6.07) is 6.66. The number of nitrogens with two attached hydrogens (primary N) is 1. The fourth-order valence-electron chi connectivity index (χ4n) is 3.51.